The number of halogens is 5. The van der Waals surface area contributed by atoms with Crippen LogP contribution in [0.1, 0.15) is 58.9 Å². The Hall–Kier alpha value is -0.953. The van der Waals surface area contributed by atoms with E-state index in [9.17, 15) is 26.7 Å². The molecule has 1 aromatic rings. The van der Waals surface area contributed by atoms with Crippen LogP contribution in [0.4, 0.5) is 22.0 Å². The van der Waals surface area contributed by atoms with E-state index in [1.165, 1.54) is 0 Å². The Bertz CT molecular complexity index is 552. The van der Waals surface area contributed by atoms with Crippen molar-refractivity contribution in [3.05, 3.63) is 34.6 Å². The van der Waals surface area contributed by atoms with Crippen LogP contribution in [0.2, 0.25) is 17.1 Å². The van der Waals surface area contributed by atoms with Crippen LogP contribution < -0.4 is 0 Å². The molecule has 0 saturated carbocycles. The summed E-state index contributed by atoms with van der Waals surface area (Å²) in [6.07, 6.45) is 2.31. The molecular weight excluding hydrogens is 355 g/mol. The van der Waals surface area contributed by atoms with E-state index < -0.39 is 43.0 Å². The minimum absolute atomic E-state index is 0.193. The van der Waals surface area contributed by atoms with Gasteiger partial charge in [-0.05, 0) is 30.0 Å². The number of benzene rings is 1. The SMILES string of the molecule is CC(C)[Si](O)(CCCCCCc1c(F)c(F)c(F)c(F)c1F)C(C)C. The van der Waals surface area contributed by atoms with Gasteiger partial charge in [0, 0.05) is 5.56 Å². The smallest absolute Gasteiger partial charge is 0.200 e. The first kappa shape index (κ1) is 22.1. The average molecular weight is 382 g/mol. The van der Waals surface area contributed by atoms with Crippen molar-refractivity contribution in [1.29, 1.82) is 0 Å². The molecule has 0 aromatic heterocycles. The van der Waals surface area contributed by atoms with E-state index in [1.807, 2.05) is 27.7 Å². The predicted molar refractivity (Wildman–Crippen MR) is 91.4 cm³/mol. The summed E-state index contributed by atoms with van der Waals surface area (Å²) in [5, 5.41) is 0. The minimum atomic E-state index is -2.33. The summed E-state index contributed by atoms with van der Waals surface area (Å²) >= 11 is 0. The first-order valence-electron chi connectivity index (χ1n) is 8.76. The lowest BCUT2D eigenvalue weighted by atomic mass is 10.0. The summed E-state index contributed by atoms with van der Waals surface area (Å²) < 4.78 is 66.4. The lowest BCUT2D eigenvalue weighted by molar-refractivity contribution is 0.368. The molecule has 0 atom stereocenters. The second kappa shape index (κ2) is 9.12. The fourth-order valence-electron chi connectivity index (χ4n) is 3.18. The lowest BCUT2D eigenvalue weighted by Gasteiger charge is -2.33. The van der Waals surface area contributed by atoms with Gasteiger partial charge in [-0.1, -0.05) is 47.0 Å². The molecule has 1 N–H and O–H groups in total. The first-order chi connectivity index (χ1) is 11.5. The van der Waals surface area contributed by atoms with Gasteiger partial charge < -0.3 is 4.80 Å². The van der Waals surface area contributed by atoms with Crippen LogP contribution in [-0.4, -0.2) is 13.1 Å². The average Bonchev–Trinajstić information content (AvgIpc) is 2.56. The molecule has 0 fully saturated rings. The molecule has 0 unspecified atom stereocenters. The molecule has 0 heterocycles. The molecule has 7 heteroatoms. The molecule has 0 radical (unpaired) electrons. The zero-order valence-electron chi connectivity index (χ0n) is 15.2. The van der Waals surface area contributed by atoms with Crippen molar-refractivity contribution in [2.75, 3.05) is 0 Å². The van der Waals surface area contributed by atoms with Crippen LogP contribution in [0, 0.1) is 29.1 Å². The minimum Gasteiger partial charge on any atom is -0.431 e. The maximum Gasteiger partial charge on any atom is 0.200 e. The van der Waals surface area contributed by atoms with Crippen molar-refractivity contribution in [1.82, 2.24) is 0 Å². The zero-order valence-corrected chi connectivity index (χ0v) is 16.2. The van der Waals surface area contributed by atoms with Crippen LogP contribution >= 0.6 is 0 Å². The Kier molecular flexibility index (Phi) is 8.06. The summed E-state index contributed by atoms with van der Waals surface area (Å²) in [6.45, 7) is 8.09. The highest BCUT2D eigenvalue weighted by Gasteiger charge is 2.37. The van der Waals surface area contributed by atoms with Gasteiger partial charge in [0.25, 0.3) is 0 Å². The van der Waals surface area contributed by atoms with Gasteiger partial charge in [-0.15, -0.1) is 0 Å². The topological polar surface area (TPSA) is 20.2 Å². The molecule has 1 nitrogen and oxygen atoms in total. The highest BCUT2D eigenvalue weighted by molar-refractivity contribution is 6.75. The van der Waals surface area contributed by atoms with E-state index in [-0.39, 0.29) is 17.5 Å². The second-order valence-corrected chi connectivity index (χ2v) is 12.1. The van der Waals surface area contributed by atoms with E-state index in [2.05, 4.69) is 0 Å². The molecule has 25 heavy (non-hydrogen) atoms. The fraction of sp³-hybridized carbons (Fsp3) is 0.667. The predicted octanol–water partition coefficient (Wildman–Crippen LogP) is 6.24. The first-order valence-corrected chi connectivity index (χ1v) is 11.1. The van der Waals surface area contributed by atoms with Crippen molar-refractivity contribution in [3.8, 4) is 0 Å². The van der Waals surface area contributed by atoms with E-state index in [4.69, 9.17) is 0 Å². The molecule has 0 amide bonds. The van der Waals surface area contributed by atoms with Gasteiger partial charge in [0.1, 0.15) is 0 Å². The summed E-state index contributed by atoms with van der Waals surface area (Å²) in [7, 11) is -2.33. The lowest BCUT2D eigenvalue weighted by Crippen LogP contribution is -2.41. The van der Waals surface area contributed by atoms with Gasteiger partial charge in [0.15, 0.2) is 31.6 Å². The fourth-order valence-corrected chi connectivity index (χ4v) is 6.48. The summed E-state index contributed by atoms with van der Waals surface area (Å²) in [5.74, 6) is -9.38. The van der Waals surface area contributed by atoms with Crippen LogP contribution in [0.25, 0.3) is 0 Å². The van der Waals surface area contributed by atoms with Gasteiger partial charge in [-0.3, -0.25) is 0 Å². The highest BCUT2D eigenvalue weighted by Crippen LogP contribution is 2.35. The number of rotatable bonds is 9. The third-order valence-corrected chi connectivity index (χ3v) is 10.2. The zero-order chi connectivity index (χ0) is 19.4. The van der Waals surface area contributed by atoms with Crippen LogP contribution in [0.5, 0.6) is 0 Å². The normalized spacial score (nSPS) is 12.5. The molecule has 0 spiro atoms. The van der Waals surface area contributed by atoms with Gasteiger partial charge in [-0.25, -0.2) is 22.0 Å². The van der Waals surface area contributed by atoms with Gasteiger partial charge >= 0.3 is 0 Å². The Morgan fingerprint density at radius 3 is 1.52 bits per heavy atom. The standard InChI is InChI=1S/C18H27F5OSi/c1-11(2)25(24,12(3)4)10-8-6-5-7-9-13-14(19)16(21)18(23)17(22)15(13)20/h11-12,24H,5-10H2,1-4H3. The van der Waals surface area contributed by atoms with Gasteiger partial charge in [-0.2, -0.15) is 0 Å². The number of unbranched alkanes of at least 4 members (excludes halogenated alkanes) is 3. The number of hydrogen-bond donors (Lipinski definition) is 1. The molecule has 0 bridgehead atoms. The van der Waals surface area contributed by atoms with E-state index in [0.717, 1.165) is 18.9 Å². The van der Waals surface area contributed by atoms with Crippen LogP contribution in [-0.2, 0) is 6.42 Å². The quantitative estimate of drug-likeness (QED) is 0.176. The van der Waals surface area contributed by atoms with E-state index >= 15 is 0 Å². The van der Waals surface area contributed by atoms with Crippen LogP contribution in [0.15, 0.2) is 0 Å². The monoisotopic (exact) mass is 382 g/mol. The Morgan fingerprint density at radius 2 is 1.08 bits per heavy atom. The van der Waals surface area contributed by atoms with Crippen molar-refractivity contribution in [2.24, 2.45) is 0 Å². The van der Waals surface area contributed by atoms with Crippen molar-refractivity contribution < 1.29 is 26.7 Å². The molecule has 1 rings (SSSR count). The summed E-state index contributed by atoms with van der Waals surface area (Å²) in [6, 6.07) is 0.755. The maximum absolute atomic E-state index is 13.6. The van der Waals surface area contributed by atoms with E-state index in [0.29, 0.717) is 12.8 Å². The molecular formula is C18H27F5OSi. The molecule has 1 aromatic carbocycles. The Labute approximate surface area is 147 Å². The van der Waals surface area contributed by atoms with Crippen LogP contribution in [0.3, 0.4) is 0 Å². The molecule has 0 aliphatic heterocycles. The number of hydrogen-bond acceptors (Lipinski definition) is 1. The molecule has 0 aliphatic rings. The van der Waals surface area contributed by atoms with Gasteiger partial charge in [0.05, 0.1) is 0 Å². The molecule has 0 aliphatic carbocycles. The maximum atomic E-state index is 13.6. The third kappa shape index (κ3) is 5.03. The van der Waals surface area contributed by atoms with Crippen molar-refractivity contribution in [2.45, 2.75) is 76.9 Å². The Balaban J connectivity index is 2.53. The van der Waals surface area contributed by atoms with Gasteiger partial charge in [0.2, 0.25) is 5.82 Å². The second-order valence-electron chi connectivity index (χ2n) is 7.26. The van der Waals surface area contributed by atoms with Crippen molar-refractivity contribution in [3.63, 3.8) is 0 Å². The highest BCUT2D eigenvalue weighted by atomic mass is 28.4. The summed E-state index contributed by atoms with van der Waals surface area (Å²) in [4.78, 5) is 10.8. The Morgan fingerprint density at radius 1 is 0.680 bits per heavy atom. The third-order valence-electron chi connectivity index (χ3n) is 5.05. The molecule has 144 valence electrons. The van der Waals surface area contributed by atoms with E-state index in [1.54, 1.807) is 0 Å². The van der Waals surface area contributed by atoms with Crippen molar-refractivity contribution >= 4 is 8.32 Å². The largest absolute Gasteiger partial charge is 0.431 e. The molecule has 0 saturated heterocycles. The summed E-state index contributed by atoms with van der Waals surface area (Å²) in [5.41, 5.74) is -0.242.